The molecule has 1 saturated heterocycles. The highest BCUT2D eigenvalue weighted by molar-refractivity contribution is 5.42. The summed E-state index contributed by atoms with van der Waals surface area (Å²) in [6.07, 6.45) is 1.84. The van der Waals surface area contributed by atoms with Gasteiger partial charge < -0.3 is 5.32 Å². The molecule has 1 aromatic carbocycles. The van der Waals surface area contributed by atoms with Crippen LogP contribution in [0.4, 0.5) is 10.1 Å². The summed E-state index contributed by atoms with van der Waals surface area (Å²) in [4.78, 5) is 13.1. The summed E-state index contributed by atoms with van der Waals surface area (Å²) >= 11 is 0. The molecule has 0 amide bonds. The Morgan fingerprint density at radius 2 is 2.00 bits per heavy atom. The maximum atomic E-state index is 13.4. The van der Waals surface area contributed by atoms with E-state index in [-0.39, 0.29) is 11.7 Å². The lowest BCUT2D eigenvalue weighted by molar-refractivity contribution is -0.386. The van der Waals surface area contributed by atoms with Gasteiger partial charge in [-0.25, -0.2) is 4.39 Å². The van der Waals surface area contributed by atoms with Gasteiger partial charge in [-0.2, -0.15) is 0 Å². The molecule has 0 saturated carbocycles. The number of nitro benzene ring substituents is 1. The van der Waals surface area contributed by atoms with Gasteiger partial charge in [-0.1, -0.05) is 13.8 Å². The van der Waals surface area contributed by atoms with Crippen molar-refractivity contribution in [1.29, 1.82) is 0 Å². The van der Waals surface area contributed by atoms with Gasteiger partial charge in [0.25, 0.3) is 5.69 Å². The van der Waals surface area contributed by atoms with E-state index in [0.717, 1.165) is 45.1 Å². The summed E-state index contributed by atoms with van der Waals surface area (Å²) in [7, 11) is 0. The second kappa shape index (κ2) is 7.65. The van der Waals surface area contributed by atoms with Crippen LogP contribution in [0.15, 0.2) is 18.2 Å². The van der Waals surface area contributed by atoms with Crippen LogP contribution in [0.2, 0.25) is 0 Å². The van der Waals surface area contributed by atoms with E-state index in [9.17, 15) is 14.5 Å². The van der Waals surface area contributed by atoms with Crippen LogP contribution in [0, 0.1) is 21.8 Å². The maximum Gasteiger partial charge on any atom is 0.277 e. The smallest absolute Gasteiger partial charge is 0.277 e. The van der Waals surface area contributed by atoms with Crippen LogP contribution in [-0.2, 0) is 0 Å². The van der Waals surface area contributed by atoms with Crippen molar-refractivity contribution < 1.29 is 9.31 Å². The molecule has 5 nitrogen and oxygen atoms in total. The Hall–Kier alpha value is -1.53. The van der Waals surface area contributed by atoms with Crippen molar-refractivity contribution in [2.24, 2.45) is 5.92 Å². The van der Waals surface area contributed by atoms with Crippen LogP contribution in [0.25, 0.3) is 0 Å². The van der Waals surface area contributed by atoms with Gasteiger partial charge in [-0.15, -0.1) is 0 Å². The van der Waals surface area contributed by atoms with Crippen LogP contribution < -0.4 is 5.32 Å². The van der Waals surface area contributed by atoms with E-state index in [1.807, 2.05) is 0 Å². The molecule has 1 atom stereocenters. The first-order valence-electron chi connectivity index (χ1n) is 7.87. The first-order chi connectivity index (χ1) is 10.5. The second-order valence-electron chi connectivity index (χ2n) is 6.23. The van der Waals surface area contributed by atoms with Gasteiger partial charge in [-0.3, -0.25) is 15.0 Å². The van der Waals surface area contributed by atoms with E-state index in [1.54, 1.807) is 6.07 Å². The summed E-state index contributed by atoms with van der Waals surface area (Å²) in [5.74, 6) is -0.0247. The van der Waals surface area contributed by atoms with Gasteiger partial charge in [0, 0.05) is 37.8 Å². The Bertz CT molecular complexity index is 516. The van der Waals surface area contributed by atoms with Crippen molar-refractivity contribution in [3.8, 4) is 0 Å². The Kier molecular flexibility index (Phi) is 5.85. The van der Waals surface area contributed by atoms with Gasteiger partial charge >= 0.3 is 0 Å². The van der Waals surface area contributed by atoms with E-state index < -0.39 is 10.7 Å². The topological polar surface area (TPSA) is 58.4 Å². The predicted molar refractivity (Wildman–Crippen MR) is 84.3 cm³/mol. The number of nitrogens with zero attached hydrogens (tertiary/aromatic N) is 2. The summed E-state index contributed by atoms with van der Waals surface area (Å²) in [6, 6.07) is 3.93. The Balaban J connectivity index is 2.32. The van der Waals surface area contributed by atoms with Crippen molar-refractivity contribution in [2.45, 2.75) is 32.7 Å². The number of nitro groups is 1. The Morgan fingerprint density at radius 3 is 2.59 bits per heavy atom. The van der Waals surface area contributed by atoms with Gasteiger partial charge in [0.2, 0.25) is 0 Å². The molecule has 2 rings (SSSR count). The molecule has 1 fully saturated rings. The zero-order valence-electron chi connectivity index (χ0n) is 13.2. The molecule has 6 heteroatoms. The molecule has 1 N–H and O–H groups in total. The minimum Gasteiger partial charge on any atom is -0.314 e. The summed E-state index contributed by atoms with van der Waals surface area (Å²) in [5, 5.41) is 14.6. The van der Waals surface area contributed by atoms with Crippen molar-refractivity contribution in [1.82, 2.24) is 10.2 Å². The van der Waals surface area contributed by atoms with Crippen LogP contribution >= 0.6 is 0 Å². The minimum atomic E-state index is -0.557. The number of nitrogens with one attached hydrogen (secondary N) is 1. The predicted octanol–water partition coefficient (Wildman–Crippen LogP) is 3.12. The van der Waals surface area contributed by atoms with Crippen LogP contribution in [0.3, 0.4) is 0 Å². The molecule has 122 valence electrons. The number of halogens is 1. The molecular formula is C16H24FN3O2. The molecule has 0 aromatic heterocycles. The summed E-state index contributed by atoms with van der Waals surface area (Å²) < 4.78 is 13.4. The maximum absolute atomic E-state index is 13.4. The molecular weight excluding hydrogens is 285 g/mol. The summed E-state index contributed by atoms with van der Waals surface area (Å²) in [6.45, 7) is 7.77. The average Bonchev–Trinajstić information content (AvgIpc) is 2.49. The Morgan fingerprint density at radius 1 is 1.32 bits per heavy atom. The third kappa shape index (κ3) is 4.24. The van der Waals surface area contributed by atoms with Gasteiger partial charge in [0.05, 0.1) is 11.0 Å². The van der Waals surface area contributed by atoms with E-state index in [4.69, 9.17) is 0 Å². The quantitative estimate of drug-likeness (QED) is 0.648. The molecule has 0 unspecified atom stereocenters. The van der Waals surface area contributed by atoms with Crippen LogP contribution in [-0.4, -0.2) is 36.0 Å². The van der Waals surface area contributed by atoms with Gasteiger partial charge in [0.15, 0.2) is 0 Å². The number of piperazine rings is 1. The number of hydrogen-bond acceptors (Lipinski definition) is 4. The summed E-state index contributed by atoms with van der Waals surface area (Å²) in [5.41, 5.74) is 0.529. The normalized spacial score (nSPS) is 17.6. The molecule has 22 heavy (non-hydrogen) atoms. The van der Waals surface area contributed by atoms with E-state index in [0.29, 0.717) is 11.5 Å². The minimum absolute atomic E-state index is 0.0227. The molecule has 0 spiro atoms. The zero-order valence-corrected chi connectivity index (χ0v) is 13.2. The lowest BCUT2D eigenvalue weighted by Gasteiger charge is -2.35. The lowest BCUT2D eigenvalue weighted by Crippen LogP contribution is -2.45. The highest BCUT2D eigenvalue weighted by atomic mass is 19.1. The highest BCUT2D eigenvalue weighted by Crippen LogP contribution is 2.34. The van der Waals surface area contributed by atoms with Gasteiger partial charge in [-0.05, 0) is 30.9 Å². The molecule has 1 aliphatic rings. The van der Waals surface area contributed by atoms with Crippen LogP contribution in [0.5, 0.6) is 0 Å². The largest absolute Gasteiger partial charge is 0.314 e. The number of hydrogen-bond donors (Lipinski definition) is 1. The third-order valence-corrected chi connectivity index (χ3v) is 4.16. The van der Waals surface area contributed by atoms with E-state index in [2.05, 4.69) is 24.1 Å². The fraction of sp³-hybridized carbons (Fsp3) is 0.625. The van der Waals surface area contributed by atoms with Crippen molar-refractivity contribution in [3.63, 3.8) is 0 Å². The number of benzene rings is 1. The van der Waals surface area contributed by atoms with Crippen molar-refractivity contribution >= 4 is 5.69 Å². The monoisotopic (exact) mass is 309 g/mol. The van der Waals surface area contributed by atoms with Crippen molar-refractivity contribution in [3.05, 3.63) is 39.7 Å². The molecule has 1 heterocycles. The average molecular weight is 309 g/mol. The van der Waals surface area contributed by atoms with E-state index in [1.165, 1.54) is 6.07 Å². The molecule has 0 bridgehead atoms. The lowest BCUT2D eigenvalue weighted by atomic mass is 9.94. The number of rotatable bonds is 6. The molecule has 0 radical (unpaired) electrons. The zero-order chi connectivity index (χ0) is 16.1. The first kappa shape index (κ1) is 16.8. The van der Waals surface area contributed by atoms with Crippen molar-refractivity contribution in [2.75, 3.05) is 26.2 Å². The Labute approximate surface area is 130 Å². The standard InChI is InChI=1S/C16H24FN3O2/c1-12(2)3-6-15(19-9-7-18-8-10-19)14-5-4-13(17)11-16(14)20(21)22/h4-5,11-12,15,18H,3,6-10H2,1-2H3/t15-/m0/s1. The van der Waals surface area contributed by atoms with E-state index >= 15 is 0 Å². The highest BCUT2D eigenvalue weighted by Gasteiger charge is 2.28. The molecule has 1 aromatic rings. The molecule has 0 aliphatic carbocycles. The van der Waals surface area contributed by atoms with Crippen LogP contribution in [0.1, 0.15) is 38.3 Å². The SMILES string of the molecule is CC(C)CC[C@@H](c1ccc(F)cc1[N+](=O)[O-])N1CCNCC1. The van der Waals surface area contributed by atoms with Gasteiger partial charge in [0.1, 0.15) is 5.82 Å². The first-order valence-corrected chi connectivity index (χ1v) is 7.87. The second-order valence-corrected chi connectivity index (χ2v) is 6.23. The fourth-order valence-corrected chi connectivity index (χ4v) is 2.98. The molecule has 1 aliphatic heterocycles. The fourth-order valence-electron chi connectivity index (χ4n) is 2.98. The third-order valence-electron chi connectivity index (χ3n) is 4.16.